The normalized spacial score (nSPS) is 12.2. The number of aromatic nitrogens is 3. The molecule has 0 N–H and O–H groups in total. The van der Waals surface area contributed by atoms with E-state index in [0.29, 0.717) is 18.0 Å². The van der Waals surface area contributed by atoms with Crippen LogP contribution in [0.4, 0.5) is 0 Å². The zero-order chi connectivity index (χ0) is 56.4. The summed E-state index contributed by atoms with van der Waals surface area (Å²) in [6, 6.07) is 99.0. The maximum absolute atomic E-state index is 10.1. The van der Waals surface area contributed by atoms with Crippen molar-refractivity contribution in [2.24, 2.45) is 0 Å². The molecule has 8 aromatic carbocycles. The summed E-state index contributed by atoms with van der Waals surface area (Å²) in [6.07, 6.45) is 10.3. The molecular weight excluding hydrogens is 1080 g/mol. The first-order valence-electron chi connectivity index (χ1n) is 27.0. The Kier molecular flexibility index (Phi) is 20.1. The van der Waals surface area contributed by atoms with E-state index in [4.69, 9.17) is 22.5 Å². The molecule has 410 valence electrons. The van der Waals surface area contributed by atoms with E-state index >= 15 is 0 Å². The average Bonchev–Trinajstić information content (AvgIpc) is 2.27. The van der Waals surface area contributed by atoms with Crippen LogP contribution in [0.25, 0.3) is 24.3 Å². The molecule has 8 heteroatoms. The molecule has 3 aromatic heterocycles. The van der Waals surface area contributed by atoms with Gasteiger partial charge in [0, 0.05) is 17.1 Å². The van der Waals surface area contributed by atoms with Crippen LogP contribution < -0.4 is 31.8 Å². The van der Waals surface area contributed by atoms with Gasteiger partial charge in [-0.15, -0.1) is 0 Å². The molecule has 0 aliphatic rings. The Balaban J connectivity index is 0.000000214. The minimum atomic E-state index is -3.47. The summed E-state index contributed by atoms with van der Waals surface area (Å²) >= 11 is 16.9. The molecule has 0 aliphatic carbocycles. The van der Waals surface area contributed by atoms with Crippen molar-refractivity contribution >= 4 is 96.8 Å². The summed E-state index contributed by atoms with van der Waals surface area (Å²) in [7, 11) is 0. The summed E-state index contributed by atoms with van der Waals surface area (Å²) in [5.74, 6) is -6.94. The third kappa shape index (κ3) is 13.7. The molecular formula is C74H69Cl2N3OP2. The van der Waals surface area contributed by atoms with Crippen LogP contribution in [0.3, 0.4) is 0 Å². The predicted octanol–water partition coefficient (Wildman–Crippen LogP) is 17.3. The molecule has 0 atom stereocenters. The van der Waals surface area contributed by atoms with Crippen molar-refractivity contribution in [3.05, 3.63) is 342 Å². The molecule has 0 fully saturated rings. The van der Waals surface area contributed by atoms with E-state index in [9.17, 15) is 4.79 Å². The van der Waals surface area contributed by atoms with E-state index in [1.165, 1.54) is 11.1 Å². The molecule has 11 aromatic rings. The molecule has 3 heterocycles. The van der Waals surface area contributed by atoms with Gasteiger partial charge < -0.3 is 0 Å². The molecule has 0 radical (unpaired) electrons. The third-order valence-corrected chi connectivity index (χ3v) is 28.8. The first-order valence-corrected chi connectivity index (χ1v) is 33.7. The van der Waals surface area contributed by atoms with Gasteiger partial charge in [-0.2, -0.15) is 0 Å². The molecule has 0 saturated carbocycles. The number of aldehydes is 1. The van der Waals surface area contributed by atoms with E-state index in [0.717, 1.165) is 77.7 Å². The number of pyridine rings is 3. The standard InChI is InChI=1S/C44H38Cl2P2.C22H20N2.C7H7NO.CH4/c45-47(39-19-7-1-8-20-39,40-21-9-2-10-22-40,41-23-11-3-12-24-41)35-37-31-33-38(34-32-37)36-48(46,42-25-13-4-14-26-42,43-27-15-5-16-28-43)44-29-17-6-18-30-44;1-17-5-3-7-21(23-17)15-13-19-9-11-20(12-10-19)14-16-22-8-4-6-18(2)24-22;1-6-3-2-4-7(5-9)8-6;/h1-34H,35-36H2;3-16H,1-2H3;2-5H,1H3;1H4/b;15-13+,16-14+;;. The number of aryl methyl sites for hydroxylation is 3. The van der Waals surface area contributed by atoms with Crippen molar-refractivity contribution < 1.29 is 4.79 Å². The van der Waals surface area contributed by atoms with E-state index in [1.807, 2.05) is 81.5 Å². The van der Waals surface area contributed by atoms with E-state index in [2.05, 4.69) is 258 Å². The van der Waals surface area contributed by atoms with Crippen LogP contribution in [-0.4, -0.2) is 21.2 Å². The van der Waals surface area contributed by atoms with Crippen LogP contribution in [0.5, 0.6) is 0 Å². The van der Waals surface area contributed by atoms with Gasteiger partial charge in [-0.3, -0.25) is 19.7 Å². The third-order valence-electron chi connectivity index (χ3n) is 14.4. The van der Waals surface area contributed by atoms with E-state index in [1.54, 1.807) is 6.07 Å². The fourth-order valence-electron chi connectivity index (χ4n) is 10.3. The summed E-state index contributed by atoms with van der Waals surface area (Å²) in [4.78, 5) is 23.0. The van der Waals surface area contributed by atoms with Gasteiger partial charge in [-0.25, -0.2) is 0 Å². The van der Waals surface area contributed by atoms with Crippen LogP contribution in [0.2, 0.25) is 0 Å². The van der Waals surface area contributed by atoms with Crippen LogP contribution >= 0.6 is 34.4 Å². The molecule has 0 saturated heterocycles. The van der Waals surface area contributed by atoms with E-state index < -0.39 is 11.9 Å². The van der Waals surface area contributed by atoms with Crippen molar-refractivity contribution in [2.75, 3.05) is 0 Å². The molecule has 82 heavy (non-hydrogen) atoms. The van der Waals surface area contributed by atoms with Crippen molar-refractivity contribution in [1.82, 2.24) is 15.0 Å². The zero-order valence-electron chi connectivity index (χ0n) is 45.8. The Bertz CT molecular complexity index is 3420. The number of benzene rings is 8. The Morgan fingerprint density at radius 1 is 0.305 bits per heavy atom. The topological polar surface area (TPSA) is 55.7 Å². The quantitative estimate of drug-likeness (QED) is 0.0758. The molecule has 0 aliphatic heterocycles. The predicted molar refractivity (Wildman–Crippen MR) is 359 cm³/mol. The molecule has 0 unspecified atom stereocenters. The molecule has 11 rings (SSSR count). The van der Waals surface area contributed by atoms with Crippen molar-refractivity contribution in [3.63, 3.8) is 0 Å². The fraction of sp³-hybridized carbons (Fsp3) is 0.0811. The Labute approximate surface area is 495 Å². The first-order chi connectivity index (χ1) is 39.4. The van der Waals surface area contributed by atoms with Gasteiger partial charge in [0.25, 0.3) is 0 Å². The monoisotopic (exact) mass is 1150 g/mol. The molecule has 0 spiro atoms. The van der Waals surface area contributed by atoms with Gasteiger partial charge in [-0.05, 0) is 80.4 Å². The van der Waals surface area contributed by atoms with E-state index in [-0.39, 0.29) is 7.43 Å². The Hall–Kier alpha value is -8.20. The molecule has 0 amide bonds. The van der Waals surface area contributed by atoms with Crippen LogP contribution in [0.15, 0.2) is 285 Å². The second kappa shape index (κ2) is 27.5. The maximum atomic E-state index is 10.1. The van der Waals surface area contributed by atoms with Crippen LogP contribution in [-0.2, 0) is 12.3 Å². The molecule has 4 nitrogen and oxygen atoms in total. The van der Waals surface area contributed by atoms with Gasteiger partial charge >= 0.3 is 296 Å². The number of rotatable bonds is 15. The summed E-state index contributed by atoms with van der Waals surface area (Å²) in [5, 5.41) is 6.97. The minimum absolute atomic E-state index is 0. The summed E-state index contributed by atoms with van der Waals surface area (Å²) in [6.45, 7) is 5.86. The van der Waals surface area contributed by atoms with Gasteiger partial charge in [-0.1, -0.05) is 62.0 Å². The number of hydrogen-bond donors (Lipinski definition) is 0. The fourth-order valence-corrected chi connectivity index (χ4v) is 22.6. The first kappa shape index (κ1) is 59.9. The second-order valence-electron chi connectivity index (χ2n) is 20.1. The van der Waals surface area contributed by atoms with Gasteiger partial charge in [0.05, 0.1) is 11.4 Å². The van der Waals surface area contributed by atoms with Gasteiger partial charge in [0.2, 0.25) is 0 Å². The van der Waals surface area contributed by atoms with Gasteiger partial charge in [0.1, 0.15) is 5.69 Å². The van der Waals surface area contributed by atoms with Crippen LogP contribution in [0.1, 0.15) is 68.6 Å². The second-order valence-corrected chi connectivity index (χ2v) is 33.0. The SMILES string of the molecule is C.Cc1cccc(/C=C/c2ccc(/C=C/c3cccc(C)n3)cc2)n1.Cc1cccc(C=O)n1.ClP(Cc1ccc(CP(Cl)(c2ccccc2)(c2ccccc2)c2ccccc2)cc1)(c1ccccc1)(c1ccccc1)c1ccccc1. The van der Waals surface area contributed by atoms with Crippen LogP contribution in [0, 0.1) is 20.8 Å². The molecule has 0 bridgehead atoms. The number of halogens is 2. The average molecular weight is 1150 g/mol. The summed E-state index contributed by atoms with van der Waals surface area (Å²) in [5.41, 5.74) is 10.1. The van der Waals surface area contributed by atoms with Crippen molar-refractivity contribution in [2.45, 2.75) is 40.5 Å². The number of carbonyl (C=O) groups is 1. The number of carbonyl (C=O) groups excluding carboxylic acids is 1. The van der Waals surface area contributed by atoms with Crippen molar-refractivity contribution in [1.29, 1.82) is 0 Å². The Morgan fingerprint density at radius 2 is 0.549 bits per heavy atom. The zero-order valence-corrected chi connectivity index (χ0v) is 49.1. The summed E-state index contributed by atoms with van der Waals surface area (Å²) < 4.78 is 0. The van der Waals surface area contributed by atoms with Gasteiger partial charge in [0.15, 0.2) is 6.29 Å². The number of hydrogen-bond acceptors (Lipinski definition) is 4. The number of nitrogens with zero attached hydrogens (tertiary/aromatic N) is 3. The van der Waals surface area contributed by atoms with Crippen molar-refractivity contribution in [3.8, 4) is 0 Å². The Morgan fingerprint density at radius 3 is 0.780 bits per heavy atom.